The number of likely N-dealkylation sites (N-methyl/N-ethyl adjacent to an activating group) is 1. The van der Waals surface area contributed by atoms with Gasteiger partial charge in [-0.3, -0.25) is 9.59 Å². The largest absolute Gasteiger partial charge is 0.490 e. The molecule has 2 aliphatic heterocycles. The van der Waals surface area contributed by atoms with E-state index in [-0.39, 0.29) is 43.1 Å². The van der Waals surface area contributed by atoms with E-state index in [4.69, 9.17) is 9.47 Å². The number of ether oxygens (including phenoxy) is 2. The highest BCUT2D eigenvalue weighted by Gasteiger charge is 2.39. The molecule has 34 heavy (non-hydrogen) atoms. The van der Waals surface area contributed by atoms with Crippen LogP contribution >= 0.6 is 0 Å². The number of fused-ring (bicyclic) bond motifs is 2. The van der Waals surface area contributed by atoms with Crippen molar-refractivity contribution in [1.82, 2.24) is 10.2 Å². The van der Waals surface area contributed by atoms with Gasteiger partial charge in [-0.15, -0.1) is 0 Å². The molecule has 4 rings (SSSR count). The van der Waals surface area contributed by atoms with Crippen molar-refractivity contribution in [2.45, 2.75) is 37.5 Å². The van der Waals surface area contributed by atoms with E-state index in [0.717, 1.165) is 0 Å². The van der Waals surface area contributed by atoms with Crippen LogP contribution in [-0.4, -0.2) is 61.7 Å². The standard InChI is InChI=1S/C24H27FN4O5/c1-26-22(30)12-17-8-9-19-21(34-17)13-33-20-10-7-16(11-18(20)23(31)29(19)2)28-24(32)27-15-5-3-14(25)4-6-15/h3-7,10-11,17,19,21H,8-9,12-13H2,1-2H3,(H,26,30)(H2,27,28,32)/t17-,19+,21-/m1/s1. The number of hydrogen-bond donors (Lipinski definition) is 3. The third kappa shape index (κ3) is 5.28. The van der Waals surface area contributed by atoms with Gasteiger partial charge < -0.3 is 30.3 Å². The number of nitrogens with one attached hydrogen (secondary N) is 3. The van der Waals surface area contributed by atoms with Gasteiger partial charge in [0.15, 0.2) is 0 Å². The number of benzene rings is 2. The molecule has 1 fully saturated rings. The van der Waals surface area contributed by atoms with Gasteiger partial charge in [0.2, 0.25) is 5.91 Å². The number of urea groups is 1. The fraction of sp³-hybridized carbons (Fsp3) is 0.375. The number of carbonyl (C=O) groups is 3. The summed E-state index contributed by atoms with van der Waals surface area (Å²) in [6.07, 6.45) is 1.03. The van der Waals surface area contributed by atoms with Crippen molar-refractivity contribution in [3.05, 3.63) is 53.8 Å². The van der Waals surface area contributed by atoms with E-state index >= 15 is 0 Å². The number of rotatable bonds is 4. The highest BCUT2D eigenvalue weighted by Crippen LogP contribution is 2.32. The lowest BCUT2D eigenvalue weighted by Gasteiger charge is -2.42. The number of anilines is 2. The molecule has 0 aliphatic carbocycles. The maximum Gasteiger partial charge on any atom is 0.323 e. The van der Waals surface area contributed by atoms with Crippen LogP contribution in [0.4, 0.5) is 20.6 Å². The Balaban J connectivity index is 1.46. The zero-order chi connectivity index (χ0) is 24.2. The number of hydrogen-bond acceptors (Lipinski definition) is 5. The van der Waals surface area contributed by atoms with E-state index in [1.54, 1.807) is 37.2 Å². The van der Waals surface area contributed by atoms with Crippen LogP contribution in [0.2, 0.25) is 0 Å². The van der Waals surface area contributed by atoms with Crippen molar-refractivity contribution in [1.29, 1.82) is 0 Å². The maximum absolute atomic E-state index is 13.3. The first-order valence-corrected chi connectivity index (χ1v) is 11.1. The van der Waals surface area contributed by atoms with Crippen molar-refractivity contribution < 1.29 is 28.2 Å². The lowest BCUT2D eigenvalue weighted by atomic mass is 9.94. The van der Waals surface area contributed by atoms with Crippen LogP contribution in [-0.2, 0) is 9.53 Å². The fourth-order valence-corrected chi connectivity index (χ4v) is 4.24. The summed E-state index contributed by atoms with van der Waals surface area (Å²) in [7, 11) is 3.31. The lowest BCUT2D eigenvalue weighted by molar-refractivity contribution is -0.133. The Labute approximate surface area is 196 Å². The Morgan fingerprint density at radius 3 is 2.53 bits per heavy atom. The molecule has 0 unspecified atom stereocenters. The minimum absolute atomic E-state index is 0.0894. The molecule has 2 aromatic carbocycles. The predicted molar refractivity (Wildman–Crippen MR) is 123 cm³/mol. The summed E-state index contributed by atoms with van der Waals surface area (Å²) in [4.78, 5) is 39.0. The first kappa shape index (κ1) is 23.5. The van der Waals surface area contributed by atoms with Crippen LogP contribution in [0.3, 0.4) is 0 Å². The number of halogens is 1. The molecule has 0 saturated carbocycles. The third-order valence-electron chi connectivity index (χ3n) is 6.06. The number of amides is 4. The van der Waals surface area contributed by atoms with Gasteiger partial charge in [-0.25, -0.2) is 9.18 Å². The predicted octanol–water partition coefficient (Wildman–Crippen LogP) is 2.99. The second-order valence-electron chi connectivity index (χ2n) is 8.34. The molecule has 0 aromatic heterocycles. The first-order valence-electron chi connectivity index (χ1n) is 11.1. The van der Waals surface area contributed by atoms with Crippen molar-refractivity contribution in [3.63, 3.8) is 0 Å². The minimum atomic E-state index is -0.526. The van der Waals surface area contributed by atoms with E-state index in [1.165, 1.54) is 24.3 Å². The summed E-state index contributed by atoms with van der Waals surface area (Å²) in [6.45, 7) is 0.233. The smallest absolute Gasteiger partial charge is 0.323 e. The van der Waals surface area contributed by atoms with Crippen molar-refractivity contribution in [2.75, 3.05) is 31.3 Å². The topological polar surface area (TPSA) is 109 Å². The normalized spacial score (nSPS) is 21.8. The molecule has 0 radical (unpaired) electrons. The van der Waals surface area contributed by atoms with E-state index < -0.39 is 11.8 Å². The second-order valence-corrected chi connectivity index (χ2v) is 8.34. The summed E-state index contributed by atoms with van der Waals surface area (Å²) < 4.78 is 25.1. The van der Waals surface area contributed by atoms with Gasteiger partial charge in [-0.05, 0) is 55.3 Å². The Kier molecular flexibility index (Phi) is 6.97. The third-order valence-corrected chi connectivity index (χ3v) is 6.06. The van der Waals surface area contributed by atoms with Gasteiger partial charge in [0.05, 0.1) is 24.1 Å². The molecular formula is C24H27FN4O5. The molecule has 180 valence electrons. The fourth-order valence-electron chi connectivity index (χ4n) is 4.24. The lowest BCUT2D eigenvalue weighted by Crippen LogP contribution is -2.53. The van der Waals surface area contributed by atoms with Gasteiger partial charge in [-0.1, -0.05) is 0 Å². The highest BCUT2D eigenvalue weighted by molar-refractivity contribution is 6.02. The van der Waals surface area contributed by atoms with Gasteiger partial charge in [0, 0.05) is 25.5 Å². The average Bonchev–Trinajstić information content (AvgIpc) is 2.83. The number of carbonyl (C=O) groups excluding carboxylic acids is 3. The molecule has 2 aliphatic rings. The van der Waals surface area contributed by atoms with Gasteiger partial charge in [0.1, 0.15) is 24.3 Å². The SMILES string of the molecule is CNC(=O)C[C@H]1CC[C@H]2[C@@H](COc3ccc(NC(=O)Nc4ccc(F)cc4)cc3C(=O)N2C)O1. The summed E-state index contributed by atoms with van der Waals surface area (Å²) in [6, 6.07) is 9.49. The zero-order valence-electron chi connectivity index (χ0n) is 19.0. The Morgan fingerprint density at radius 1 is 1.09 bits per heavy atom. The van der Waals surface area contributed by atoms with Crippen LogP contribution in [0.5, 0.6) is 5.75 Å². The minimum Gasteiger partial charge on any atom is -0.490 e. The van der Waals surface area contributed by atoms with Crippen molar-refractivity contribution >= 4 is 29.2 Å². The molecule has 9 nitrogen and oxygen atoms in total. The van der Waals surface area contributed by atoms with Crippen molar-refractivity contribution in [2.24, 2.45) is 0 Å². The molecule has 3 atom stereocenters. The van der Waals surface area contributed by atoms with Crippen LogP contribution in [0.25, 0.3) is 0 Å². The highest BCUT2D eigenvalue weighted by atomic mass is 19.1. The Bertz CT molecular complexity index is 1080. The molecule has 3 N–H and O–H groups in total. The van der Waals surface area contributed by atoms with E-state index in [1.807, 2.05) is 0 Å². The van der Waals surface area contributed by atoms with Crippen LogP contribution in [0.15, 0.2) is 42.5 Å². The van der Waals surface area contributed by atoms with Gasteiger partial charge in [-0.2, -0.15) is 0 Å². The Hall–Kier alpha value is -3.66. The molecule has 0 bridgehead atoms. The van der Waals surface area contributed by atoms with Crippen LogP contribution in [0.1, 0.15) is 29.6 Å². The first-order chi connectivity index (χ1) is 16.3. The molecule has 4 amide bonds. The molecule has 1 saturated heterocycles. The molecule has 0 spiro atoms. The van der Waals surface area contributed by atoms with E-state index in [2.05, 4.69) is 16.0 Å². The maximum atomic E-state index is 13.3. The van der Waals surface area contributed by atoms with Gasteiger partial charge >= 0.3 is 6.03 Å². The van der Waals surface area contributed by atoms with Crippen molar-refractivity contribution in [3.8, 4) is 5.75 Å². The monoisotopic (exact) mass is 470 g/mol. The Morgan fingerprint density at radius 2 is 1.79 bits per heavy atom. The van der Waals surface area contributed by atoms with E-state index in [0.29, 0.717) is 35.5 Å². The average molecular weight is 471 g/mol. The summed E-state index contributed by atoms with van der Waals surface area (Å²) in [5.74, 6) is -0.353. The van der Waals surface area contributed by atoms with Crippen LogP contribution in [0, 0.1) is 5.82 Å². The molecule has 2 aromatic rings. The molecular weight excluding hydrogens is 443 g/mol. The van der Waals surface area contributed by atoms with E-state index in [9.17, 15) is 18.8 Å². The second kappa shape index (κ2) is 10.1. The summed E-state index contributed by atoms with van der Waals surface area (Å²) in [5.41, 5.74) is 1.17. The number of nitrogens with zero attached hydrogens (tertiary/aromatic N) is 1. The molecule has 10 heteroatoms. The quantitative estimate of drug-likeness (QED) is 0.637. The van der Waals surface area contributed by atoms with Gasteiger partial charge in [0.25, 0.3) is 5.91 Å². The van der Waals surface area contributed by atoms with Crippen LogP contribution < -0.4 is 20.7 Å². The zero-order valence-corrected chi connectivity index (χ0v) is 19.0. The molecule has 2 heterocycles. The summed E-state index contributed by atoms with van der Waals surface area (Å²) in [5, 5.41) is 7.90. The summed E-state index contributed by atoms with van der Waals surface area (Å²) >= 11 is 0.